The van der Waals surface area contributed by atoms with Gasteiger partial charge >= 0.3 is 5.97 Å². The molecule has 3 rings (SSSR count). The molecule has 1 aromatic heterocycles. The van der Waals surface area contributed by atoms with Crippen LogP contribution in [0.15, 0.2) is 83.5 Å². The van der Waals surface area contributed by atoms with E-state index in [0.717, 1.165) is 16.7 Å². The van der Waals surface area contributed by atoms with Crippen molar-refractivity contribution in [2.24, 2.45) is 0 Å². The van der Waals surface area contributed by atoms with Crippen molar-refractivity contribution in [1.82, 2.24) is 9.71 Å². The summed E-state index contributed by atoms with van der Waals surface area (Å²) in [4.78, 5) is 16.2. The molecule has 0 radical (unpaired) electrons. The molecule has 1 heterocycles. The molecule has 33 heavy (non-hydrogen) atoms. The molecule has 1 N–H and O–H groups in total. The van der Waals surface area contributed by atoms with Gasteiger partial charge in [0.2, 0.25) is 10.0 Å². The number of hydrogen-bond donors (Lipinski definition) is 1. The van der Waals surface area contributed by atoms with Crippen LogP contribution in [0.3, 0.4) is 0 Å². The molecule has 8 heteroatoms. The second kappa shape index (κ2) is 11.2. The average Bonchev–Trinajstić information content (AvgIpc) is 2.81. The van der Waals surface area contributed by atoms with E-state index < -0.39 is 10.0 Å². The van der Waals surface area contributed by atoms with Crippen molar-refractivity contribution in [3.8, 4) is 0 Å². The molecule has 0 spiro atoms. The van der Waals surface area contributed by atoms with Crippen LogP contribution in [-0.4, -0.2) is 32.5 Å². The quantitative estimate of drug-likeness (QED) is 0.348. The van der Waals surface area contributed by atoms with E-state index in [1.54, 1.807) is 44.4 Å². The van der Waals surface area contributed by atoms with Gasteiger partial charge in [-0.1, -0.05) is 41.9 Å². The molecule has 172 valence electrons. The van der Waals surface area contributed by atoms with E-state index in [9.17, 15) is 13.2 Å². The van der Waals surface area contributed by atoms with Crippen molar-refractivity contribution in [2.75, 3.05) is 13.2 Å². The second-order valence-electron chi connectivity index (χ2n) is 7.36. The number of benzene rings is 2. The van der Waals surface area contributed by atoms with Gasteiger partial charge in [0.05, 0.1) is 11.5 Å². The summed E-state index contributed by atoms with van der Waals surface area (Å²) in [6, 6.07) is 17.3. The number of carbonyl (C=O) groups is 1. The first kappa shape index (κ1) is 24.6. The van der Waals surface area contributed by atoms with E-state index in [2.05, 4.69) is 9.71 Å². The van der Waals surface area contributed by atoms with E-state index in [1.807, 2.05) is 36.4 Å². The summed E-state index contributed by atoms with van der Waals surface area (Å²) in [6.07, 6.45) is 5.15. The number of pyridine rings is 1. The SMILES string of the molecule is CCOC(=O)C(C)=Cc1ccc(C(CNS(=O)(=O)c2ccc(Cl)cc2)c2cccnc2)cc1. The summed E-state index contributed by atoms with van der Waals surface area (Å²) in [5.41, 5.74) is 3.13. The zero-order chi connectivity index (χ0) is 23.8. The topological polar surface area (TPSA) is 85.4 Å². The summed E-state index contributed by atoms with van der Waals surface area (Å²) in [6.45, 7) is 3.94. The number of hydrogen-bond acceptors (Lipinski definition) is 5. The van der Waals surface area contributed by atoms with Crippen LogP contribution >= 0.6 is 11.6 Å². The summed E-state index contributed by atoms with van der Waals surface area (Å²) >= 11 is 5.87. The maximum Gasteiger partial charge on any atom is 0.333 e. The number of rotatable bonds is 9. The Morgan fingerprint density at radius 1 is 1.09 bits per heavy atom. The lowest BCUT2D eigenvalue weighted by Gasteiger charge is -2.19. The number of halogens is 1. The van der Waals surface area contributed by atoms with Crippen LogP contribution < -0.4 is 4.72 Å². The largest absolute Gasteiger partial charge is 0.463 e. The van der Waals surface area contributed by atoms with Gasteiger partial charge in [-0.05, 0) is 66.9 Å². The Labute approximate surface area is 199 Å². The molecule has 0 aliphatic carbocycles. The predicted octanol–water partition coefficient (Wildman–Crippen LogP) is 4.81. The molecule has 1 unspecified atom stereocenters. The Morgan fingerprint density at radius 2 is 1.79 bits per heavy atom. The lowest BCUT2D eigenvalue weighted by atomic mass is 9.92. The second-order valence-corrected chi connectivity index (χ2v) is 9.56. The summed E-state index contributed by atoms with van der Waals surface area (Å²) in [5, 5.41) is 0.467. The minimum atomic E-state index is -3.72. The minimum Gasteiger partial charge on any atom is -0.463 e. The van der Waals surface area contributed by atoms with Crippen LogP contribution in [-0.2, 0) is 19.6 Å². The molecule has 0 saturated heterocycles. The van der Waals surface area contributed by atoms with Gasteiger partial charge in [-0.15, -0.1) is 0 Å². The third kappa shape index (κ3) is 6.74. The van der Waals surface area contributed by atoms with Gasteiger partial charge in [0.1, 0.15) is 0 Å². The van der Waals surface area contributed by atoms with Gasteiger partial charge in [-0.25, -0.2) is 17.9 Å². The molecule has 1 atom stereocenters. The molecule has 0 bridgehead atoms. The van der Waals surface area contributed by atoms with Crippen molar-refractivity contribution in [3.63, 3.8) is 0 Å². The summed E-state index contributed by atoms with van der Waals surface area (Å²) < 4.78 is 33.3. The zero-order valence-corrected chi connectivity index (χ0v) is 19.9. The van der Waals surface area contributed by atoms with Gasteiger partial charge in [-0.2, -0.15) is 0 Å². The van der Waals surface area contributed by atoms with Crippen LogP contribution in [0.5, 0.6) is 0 Å². The van der Waals surface area contributed by atoms with Gasteiger partial charge in [0, 0.05) is 35.5 Å². The summed E-state index contributed by atoms with van der Waals surface area (Å²) in [5.74, 6) is -0.614. The summed E-state index contributed by atoms with van der Waals surface area (Å²) in [7, 11) is -3.72. The Bertz CT molecular complexity index is 1210. The number of aromatic nitrogens is 1. The lowest BCUT2D eigenvalue weighted by Crippen LogP contribution is -2.29. The van der Waals surface area contributed by atoms with Crippen molar-refractivity contribution in [1.29, 1.82) is 0 Å². The maximum absolute atomic E-state index is 12.8. The Hall–Kier alpha value is -3.00. The third-order valence-corrected chi connectivity index (χ3v) is 6.70. The Balaban J connectivity index is 1.84. The molecular formula is C25H25ClN2O4S. The van der Waals surface area contributed by atoms with E-state index in [-0.39, 0.29) is 23.3 Å². The first-order chi connectivity index (χ1) is 15.8. The van der Waals surface area contributed by atoms with E-state index in [1.165, 1.54) is 12.1 Å². The minimum absolute atomic E-state index is 0.145. The number of ether oxygens (including phenoxy) is 1. The normalized spacial score (nSPS) is 12.9. The molecule has 0 amide bonds. The molecule has 0 saturated carbocycles. The fourth-order valence-electron chi connectivity index (χ4n) is 3.28. The van der Waals surface area contributed by atoms with E-state index in [4.69, 9.17) is 16.3 Å². The molecular weight excluding hydrogens is 460 g/mol. The van der Waals surface area contributed by atoms with Gasteiger partial charge < -0.3 is 4.74 Å². The maximum atomic E-state index is 12.8. The van der Waals surface area contributed by atoms with Gasteiger partial charge in [-0.3, -0.25) is 4.98 Å². The Morgan fingerprint density at radius 3 is 2.39 bits per heavy atom. The predicted molar refractivity (Wildman–Crippen MR) is 129 cm³/mol. The van der Waals surface area contributed by atoms with E-state index in [0.29, 0.717) is 17.2 Å². The highest BCUT2D eigenvalue weighted by atomic mass is 35.5. The van der Waals surface area contributed by atoms with Crippen LogP contribution in [0.2, 0.25) is 5.02 Å². The molecule has 0 aliphatic heterocycles. The third-order valence-electron chi connectivity index (χ3n) is 5.01. The average molecular weight is 485 g/mol. The first-order valence-electron chi connectivity index (χ1n) is 10.4. The molecule has 6 nitrogen and oxygen atoms in total. The van der Waals surface area contributed by atoms with Crippen LogP contribution in [0.4, 0.5) is 0 Å². The lowest BCUT2D eigenvalue weighted by molar-refractivity contribution is -0.138. The standard InChI is InChI=1S/C25H25ClN2O4S/c1-3-32-25(29)18(2)15-19-6-8-20(9-7-19)24(21-5-4-14-27-16-21)17-28-33(30,31)23-12-10-22(26)11-13-23/h4-16,24,28H,3,17H2,1-2H3. The zero-order valence-electron chi connectivity index (χ0n) is 18.4. The van der Waals surface area contributed by atoms with Crippen molar-refractivity contribution in [3.05, 3.63) is 100 Å². The Kier molecular flexibility index (Phi) is 8.38. The molecule has 2 aromatic carbocycles. The molecule has 0 fully saturated rings. The highest BCUT2D eigenvalue weighted by molar-refractivity contribution is 7.89. The smallest absolute Gasteiger partial charge is 0.333 e. The monoisotopic (exact) mass is 484 g/mol. The number of nitrogens with one attached hydrogen (secondary N) is 1. The van der Waals surface area contributed by atoms with E-state index >= 15 is 0 Å². The number of esters is 1. The van der Waals surface area contributed by atoms with Crippen molar-refractivity contribution < 1.29 is 17.9 Å². The van der Waals surface area contributed by atoms with Crippen LogP contribution in [0.1, 0.15) is 36.5 Å². The van der Waals surface area contributed by atoms with Crippen LogP contribution in [0.25, 0.3) is 6.08 Å². The van der Waals surface area contributed by atoms with Gasteiger partial charge in [0.25, 0.3) is 0 Å². The number of nitrogens with zero attached hydrogens (tertiary/aromatic N) is 1. The molecule has 3 aromatic rings. The fraction of sp³-hybridized carbons (Fsp3) is 0.200. The van der Waals surface area contributed by atoms with Crippen molar-refractivity contribution >= 4 is 33.7 Å². The highest BCUT2D eigenvalue weighted by Gasteiger charge is 2.20. The first-order valence-corrected chi connectivity index (χ1v) is 12.3. The molecule has 0 aliphatic rings. The number of carbonyl (C=O) groups excluding carboxylic acids is 1. The highest BCUT2D eigenvalue weighted by Crippen LogP contribution is 2.25. The van der Waals surface area contributed by atoms with Crippen LogP contribution in [0, 0.1) is 0 Å². The van der Waals surface area contributed by atoms with Crippen molar-refractivity contribution in [2.45, 2.75) is 24.7 Å². The van der Waals surface area contributed by atoms with Gasteiger partial charge in [0.15, 0.2) is 0 Å². The number of sulfonamides is 1. The fourth-order valence-corrected chi connectivity index (χ4v) is 4.45.